The van der Waals surface area contributed by atoms with E-state index in [1.165, 1.54) is 32.9 Å². The van der Waals surface area contributed by atoms with Crippen LogP contribution in [0.3, 0.4) is 0 Å². The Kier molecular flexibility index (Phi) is 3.43. The quantitative estimate of drug-likeness (QED) is 0.882. The van der Waals surface area contributed by atoms with Crippen molar-refractivity contribution in [1.82, 2.24) is 0 Å². The molecule has 1 aromatic rings. The molecule has 4 nitrogen and oxygen atoms in total. The van der Waals surface area contributed by atoms with Crippen molar-refractivity contribution >= 4 is 15.7 Å². The van der Waals surface area contributed by atoms with E-state index >= 15 is 0 Å². The van der Waals surface area contributed by atoms with Crippen LogP contribution in [0.25, 0.3) is 0 Å². The predicted octanol–water partition coefficient (Wildman–Crippen LogP) is 2.24. The topological polar surface area (TPSA) is 70.0 Å². The van der Waals surface area contributed by atoms with Crippen molar-refractivity contribution in [3.05, 3.63) is 29.6 Å². The number of nitrogens with one attached hydrogen (secondary N) is 1. The highest BCUT2D eigenvalue weighted by atomic mass is 32.2. The monoisotopic (exact) mass is 256 g/mol. The van der Waals surface area contributed by atoms with Gasteiger partial charge in [-0.1, -0.05) is 0 Å². The van der Waals surface area contributed by atoms with Crippen LogP contribution < -0.4 is 4.72 Å². The minimum absolute atomic E-state index is 0.140. The summed E-state index contributed by atoms with van der Waals surface area (Å²) in [7, 11) is -3.67. The van der Waals surface area contributed by atoms with Crippen molar-refractivity contribution in [2.24, 2.45) is 0 Å². The third kappa shape index (κ3) is 2.94. The van der Waals surface area contributed by atoms with Gasteiger partial charge in [-0.2, -0.15) is 5.26 Å². The van der Waals surface area contributed by atoms with Gasteiger partial charge in [-0.3, -0.25) is 4.72 Å². The number of rotatable bonds is 2. The molecule has 6 heteroatoms. The fourth-order valence-corrected chi connectivity index (χ4v) is 1.73. The zero-order valence-corrected chi connectivity index (χ0v) is 10.6. The summed E-state index contributed by atoms with van der Waals surface area (Å²) in [6.45, 7) is 4.53. The molecule has 0 saturated carbocycles. The number of anilines is 1. The molecule has 0 heterocycles. The minimum atomic E-state index is -3.67. The van der Waals surface area contributed by atoms with Gasteiger partial charge >= 0.3 is 0 Å². The first kappa shape index (κ1) is 13.5. The molecule has 0 spiro atoms. The zero-order valence-electron chi connectivity index (χ0n) is 9.78. The average Bonchev–Trinajstić information content (AvgIpc) is 2.19. The van der Waals surface area contributed by atoms with Gasteiger partial charge in [0.25, 0.3) is 0 Å². The van der Waals surface area contributed by atoms with Gasteiger partial charge in [0.2, 0.25) is 10.0 Å². The third-order valence-electron chi connectivity index (χ3n) is 2.15. The highest BCUT2D eigenvalue weighted by molar-refractivity contribution is 7.94. The average molecular weight is 256 g/mol. The Morgan fingerprint density at radius 2 is 1.94 bits per heavy atom. The number of nitriles is 1. The summed E-state index contributed by atoms with van der Waals surface area (Å²) in [5.41, 5.74) is -0.0138. The van der Waals surface area contributed by atoms with Crippen LogP contribution in [0.5, 0.6) is 0 Å². The molecular weight excluding hydrogens is 243 g/mol. The highest BCUT2D eigenvalue weighted by Crippen LogP contribution is 2.22. The molecule has 0 bridgehead atoms. The van der Waals surface area contributed by atoms with Gasteiger partial charge in [-0.05, 0) is 39.0 Å². The number of sulfonamides is 1. The van der Waals surface area contributed by atoms with Gasteiger partial charge in [0.1, 0.15) is 5.82 Å². The maximum absolute atomic E-state index is 13.5. The SMILES string of the molecule is CC(C)(C)S(=O)(=O)Nc1ccc(C#N)cc1F. The van der Waals surface area contributed by atoms with E-state index in [2.05, 4.69) is 4.72 Å². The van der Waals surface area contributed by atoms with Gasteiger partial charge in [0.05, 0.1) is 22.1 Å². The van der Waals surface area contributed by atoms with Crippen molar-refractivity contribution in [3.63, 3.8) is 0 Å². The van der Waals surface area contributed by atoms with E-state index < -0.39 is 20.6 Å². The molecule has 1 aromatic carbocycles. The Hall–Kier alpha value is -1.61. The lowest BCUT2D eigenvalue weighted by atomic mass is 10.2. The van der Waals surface area contributed by atoms with Crippen molar-refractivity contribution in [3.8, 4) is 6.07 Å². The second kappa shape index (κ2) is 4.34. The van der Waals surface area contributed by atoms with Crippen LogP contribution in [0.1, 0.15) is 26.3 Å². The summed E-state index contributed by atoms with van der Waals surface area (Å²) in [5, 5.41) is 8.56. The first-order valence-electron chi connectivity index (χ1n) is 4.89. The Morgan fingerprint density at radius 1 is 1.35 bits per heavy atom. The molecule has 0 aliphatic heterocycles. The number of nitrogens with zero attached hydrogens (tertiary/aromatic N) is 1. The summed E-state index contributed by atoms with van der Waals surface area (Å²) in [5.74, 6) is -0.767. The van der Waals surface area contributed by atoms with Crippen LogP contribution in [0.2, 0.25) is 0 Å². The largest absolute Gasteiger partial charge is 0.280 e. The van der Waals surface area contributed by atoms with E-state index in [0.717, 1.165) is 6.07 Å². The first-order chi connectivity index (χ1) is 7.67. The van der Waals surface area contributed by atoms with E-state index in [0.29, 0.717) is 0 Å². The highest BCUT2D eigenvalue weighted by Gasteiger charge is 2.29. The maximum atomic E-state index is 13.5. The third-order valence-corrected chi connectivity index (χ3v) is 4.25. The van der Waals surface area contributed by atoms with Crippen LogP contribution in [0.4, 0.5) is 10.1 Å². The lowest BCUT2D eigenvalue weighted by molar-refractivity contribution is 0.564. The number of hydrogen-bond acceptors (Lipinski definition) is 3. The Labute approximate surface area is 100 Å². The Bertz CT molecular complexity index is 568. The molecule has 1 rings (SSSR count). The van der Waals surface area contributed by atoms with Crippen LogP contribution in [-0.2, 0) is 10.0 Å². The molecule has 0 atom stereocenters. The lowest BCUT2D eigenvalue weighted by Gasteiger charge is -2.20. The van der Waals surface area contributed by atoms with Crippen molar-refractivity contribution < 1.29 is 12.8 Å². The molecule has 0 amide bonds. The van der Waals surface area contributed by atoms with Crippen molar-refractivity contribution in [2.45, 2.75) is 25.5 Å². The minimum Gasteiger partial charge on any atom is -0.280 e. The Balaban J connectivity index is 3.11. The second-order valence-electron chi connectivity index (χ2n) is 4.52. The van der Waals surface area contributed by atoms with Crippen LogP contribution in [0, 0.1) is 17.1 Å². The molecule has 0 aromatic heterocycles. The molecule has 0 aliphatic carbocycles. The van der Waals surface area contributed by atoms with Gasteiger partial charge in [0, 0.05) is 0 Å². The van der Waals surface area contributed by atoms with E-state index in [9.17, 15) is 12.8 Å². The van der Waals surface area contributed by atoms with Gasteiger partial charge in [-0.15, -0.1) is 0 Å². The van der Waals surface area contributed by atoms with Crippen LogP contribution in [0.15, 0.2) is 18.2 Å². The first-order valence-corrected chi connectivity index (χ1v) is 6.38. The number of halogens is 1. The summed E-state index contributed by atoms with van der Waals surface area (Å²) < 4.78 is 38.2. The number of hydrogen-bond donors (Lipinski definition) is 1. The van der Waals surface area contributed by atoms with Gasteiger partial charge < -0.3 is 0 Å². The molecule has 17 heavy (non-hydrogen) atoms. The van der Waals surface area contributed by atoms with E-state index in [1.807, 2.05) is 0 Å². The zero-order chi connectivity index (χ0) is 13.3. The molecule has 0 unspecified atom stereocenters. The second-order valence-corrected chi connectivity index (χ2v) is 6.96. The summed E-state index contributed by atoms with van der Waals surface area (Å²) in [6.07, 6.45) is 0. The van der Waals surface area contributed by atoms with E-state index in [1.54, 1.807) is 6.07 Å². The summed E-state index contributed by atoms with van der Waals surface area (Å²) in [4.78, 5) is 0. The maximum Gasteiger partial charge on any atom is 0.237 e. The standard InChI is InChI=1S/C11H13FN2O2S/c1-11(2,3)17(15,16)14-10-5-4-8(7-13)6-9(10)12/h4-6,14H,1-3H3. The molecule has 0 radical (unpaired) electrons. The van der Waals surface area contributed by atoms with Crippen molar-refractivity contribution in [1.29, 1.82) is 5.26 Å². The number of benzene rings is 1. The van der Waals surface area contributed by atoms with Crippen LogP contribution in [-0.4, -0.2) is 13.2 Å². The molecule has 92 valence electrons. The fourth-order valence-electron chi connectivity index (χ4n) is 0.965. The normalized spacial score (nSPS) is 11.9. The summed E-state index contributed by atoms with van der Waals surface area (Å²) in [6, 6.07) is 5.34. The predicted molar refractivity (Wildman–Crippen MR) is 63.4 cm³/mol. The molecule has 0 fully saturated rings. The summed E-state index contributed by atoms with van der Waals surface area (Å²) >= 11 is 0. The molecule has 0 saturated heterocycles. The lowest BCUT2D eigenvalue weighted by Crippen LogP contribution is -2.33. The van der Waals surface area contributed by atoms with Crippen LogP contribution >= 0.6 is 0 Å². The fraction of sp³-hybridized carbons (Fsp3) is 0.364. The molecule has 1 N–H and O–H groups in total. The molecule has 0 aliphatic rings. The van der Waals surface area contributed by atoms with E-state index in [-0.39, 0.29) is 11.3 Å². The van der Waals surface area contributed by atoms with E-state index in [4.69, 9.17) is 5.26 Å². The Morgan fingerprint density at radius 3 is 2.35 bits per heavy atom. The molecular formula is C11H13FN2O2S. The van der Waals surface area contributed by atoms with Gasteiger partial charge in [0.15, 0.2) is 0 Å². The van der Waals surface area contributed by atoms with Gasteiger partial charge in [-0.25, -0.2) is 12.8 Å². The smallest absolute Gasteiger partial charge is 0.237 e. The van der Waals surface area contributed by atoms with Crippen molar-refractivity contribution in [2.75, 3.05) is 4.72 Å².